The molecule has 0 aromatic heterocycles. The summed E-state index contributed by atoms with van der Waals surface area (Å²) in [7, 11) is 0. The molecule has 0 aliphatic heterocycles. The van der Waals surface area contributed by atoms with Crippen molar-refractivity contribution in [2.45, 2.75) is 32.9 Å². The number of amides is 3. The number of carbonyl (C=O) groups excluding carboxylic acids is 3. The molecule has 0 spiro atoms. The Kier molecular flexibility index (Phi) is 12.6. The van der Waals surface area contributed by atoms with Crippen molar-refractivity contribution in [1.29, 1.82) is 0 Å². The van der Waals surface area contributed by atoms with E-state index in [1.807, 2.05) is 0 Å². The summed E-state index contributed by atoms with van der Waals surface area (Å²) < 4.78 is 56.7. The van der Waals surface area contributed by atoms with Gasteiger partial charge >= 0.3 is 18.0 Å². The van der Waals surface area contributed by atoms with Crippen molar-refractivity contribution >= 4 is 51.2 Å². The SMILES string of the molecule is CCCCOc1ccc(NC(=O)C(=O)N/N=C\c2cc(Br)c(OCC(=O)Nc3ccccc3C(F)(F)F)c(OCC)c2)cc1. The maximum Gasteiger partial charge on any atom is 0.418 e. The van der Waals surface area contributed by atoms with Gasteiger partial charge in [-0.25, -0.2) is 5.43 Å². The third kappa shape index (κ3) is 10.3. The highest BCUT2D eigenvalue weighted by molar-refractivity contribution is 9.10. The Labute approximate surface area is 260 Å². The lowest BCUT2D eigenvalue weighted by molar-refractivity contribution is -0.137. The molecule has 0 radical (unpaired) electrons. The molecule has 0 aliphatic carbocycles. The Morgan fingerprint density at radius 3 is 2.34 bits per heavy atom. The van der Waals surface area contributed by atoms with Crippen LogP contribution in [0.4, 0.5) is 24.5 Å². The Balaban J connectivity index is 1.58. The van der Waals surface area contributed by atoms with Crippen LogP contribution in [0.3, 0.4) is 0 Å². The molecule has 3 rings (SSSR count). The molecule has 0 heterocycles. The number of nitrogens with zero attached hydrogens (tertiary/aromatic N) is 1. The van der Waals surface area contributed by atoms with Crippen molar-refractivity contribution in [2.24, 2.45) is 5.10 Å². The van der Waals surface area contributed by atoms with Crippen LogP contribution in [0.25, 0.3) is 0 Å². The number of benzene rings is 3. The first-order valence-electron chi connectivity index (χ1n) is 13.4. The van der Waals surface area contributed by atoms with Crippen molar-refractivity contribution < 1.29 is 41.8 Å². The number of hydrazone groups is 1. The fraction of sp³-hybridized carbons (Fsp3) is 0.267. The van der Waals surface area contributed by atoms with E-state index in [9.17, 15) is 27.6 Å². The number of nitrogens with one attached hydrogen (secondary N) is 3. The molecule has 3 amide bonds. The first kappa shape index (κ1) is 33.9. The van der Waals surface area contributed by atoms with E-state index in [-0.39, 0.29) is 18.1 Å². The fourth-order valence-corrected chi connectivity index (χ4v) is 4.18. The Hall–Kier alpha value is -4.59. The molecule has 0 aliphatic rings. The van der Waals surface area contributed by atoms with Crippen LogP contribution >= 0.6 is 15.9 Å². The maximum atomic E-state index is 13.2. The van der Waals surface area contributed by atoms with Crippen LogP contribution in [-0.4, -0.2) is 43.8 Å². The summed E-state index contributed by atoms with van der Waals surface area (Å²) in [5, 5.41) is 8.47. The quantitative estimate of drug-likeness (QED) is 0.0861. The van der Waals surface area contributed by atoms with E-state index in [1.165, 1.54) is 30.5 Å². The molecule has 3 aromatic carbocycles. The van der Waals surface area contributed by atoms with Crippen LogP contribution in [0.2, 0.25) is 0 Å². The van der Waals surface area contributed by atoms with Gasteiger partial charge in [-0.05, 0) is 83.4 Å². The highest BCUT2D eigenvalue weighted by Gasteiger charge is 2.33. The van der Waals surface area contributed by atoms with Gasteiger partial charge in [-0.15, -0.1) is 0 Å². The minimum Gasteiger partial charge on any atom is -0.494 e. The molecule has 0 saturated carbocycles. The van der Waals surface area contributed by atoms with Crippen LogP contribution in [0.1, 0.15) is 37.8 Å². The van der Waals surface area contributed by atoms with Gasteiger partial charge in [0.2, 0.25) is 0 Å². The molecule has 3 N–H and O–H groups in total. The molecule has 0 bridgehead atoms. The smallest absolute Gasteiger partial charge is 0.418 e. The number of hydrogen-bond donors (Lipinski definition) is 3. The van der Waals surface area contributed by atoms with Gasteiger partial charge in [0.25, 0.3) is 5.91 Å². The lowest BCUT2D eigenvalue weighted by Crippen LogP contribution is -2.32. The van der Waals surface area contributed by atoms with E-state index in [2.05, 4.69) is 44.0 Å². The van der Waals surface area contributed by atoms with Crippen LogP contribution in [0, 0.1) is 0 Å². The first-order valence-corrected chi connectivity index (χ1v) is 14.2. The first-order chi connectivity index (χ1) is 21.0. The van der Waals surface area contributed by atoms with Gasteiger partial charge in [0.05, 0.1) is 35.2 Å². The lowest BCUT2D eigenvalue weighted by atomic mass is 10.1. The highest BCUT2D eigenvalue weighted by Crippen LogP contribution is 2.37. The average molecular weight is 679 g/mol. The average Bonchev–Trinajstić information content (AvgIpc) is 2.97. The number of anilines is 2. The summed E-state index contributed by atoms with van der Waals surface area (Å²) in [5.74, 6) is -1.80. The number of unbranched alkanes of at least 4 members (excludes halogenated alkanes) is 1. The minimum atomic E-state index is -4.65. The summed E-state index contributed by atoms with van der Waals surface area (Å²) in [6, 6.07) is 14.2. The molecule has 0 fully saturated rings. The number of carbonyl (C=O) groups is 3. The maximum absolute atomic E-state index is 13.2. The summed E-state index contributed by atoms with van der Waals surface area (Å²) in [4.78, 5) is 36.8. The lowest BCUT2D eigenvalue weighted by Gasteiger charge is -2.16. The van der Waals surface area contributed by atoms with Gasteiger partial charge in [-0.3, -0.25) is 14.4 Å². The monoisotopic (exact) mass is 678 g/mol. The largest absolute Gasteiger partial charge is 0.494 e. The van der Waals surface area contributed by atoms with Crippen molar-refractivity contribution in [2.75, 3.05) is 30.5 Å². The normalized spacial score (nSPS) is 11.1. The van der Waals surface area contributed by atoms with Gasteiger partial charge < -0.3 is 24.8 Å². The third-order valence-electron chi connectivity index (χ3n) is 5.65. The minimum absolute atomic E-state index is 0.119. The standard InChI is InChI=1S/C30H30BrF3N4O6/c1-3-5-14-43-21-12-10-20(11-13-21)36-28(40)29(41)38-35-17-19-15-23(31)27(25(16-19)42-4-2)44-18-26(39)37-24-9-7-6-8-22(24)30(32,33)34/h6-13,15-17H,3-5,14,18H2,1-2H3,(H,36,40)(H,37,39)(H,38,41)/b35-17-. The number of para-hydroxylation sites is 1. The van der Waals surface area contributed by atoms with Crippen LogP contribution in [0.5, 0.6) is 17.2 Å². The molecule has 0 unspecified atom stereocenters. The molecular weight excluding hydrogens is 649 g/mol. The third-order valence-corrected chi connectivity index (χ3v) is 6.24. The highest BCUT2D eigenvalue weighted by atomic mass is 79.9. The zero-order valence-electron chi connectivity index (χ0n) is 23.8. The second kappa shape index (κ2) is 16.3. The number of hydrogen-bond acceptors (Lipinski definition) is 7. The number of rotatable bonds is 13. The van der Waals surface area contributed by atoms with Crippen molar-refractivity contribution in [3.05, 3.63) is 76.3 Å². The summed E-state index contributed by atoms with van der Waals surface area (Å²) in [5.41, 5.74) is 1.58. The second-order valence-corrected chi connectivity index (χ2v) is 9.88. The van der Waals surface area contributed by atoms with E-state index >= 15 is 0 Å². The fourth-order valence-electron chi connectivity index (χ4n) is 3.60. The van der Waals surface area contributed by atoms with Crippen LogP contribution in [0.15, 0.2) is 70.2 Å². The molecule has 234 valence electrons. The second-order valence-electron chi connectivity index (χ2n) is 9.02. The molecular formula is C30H30BrF3N4O6. The number of halogens is 4. The Morgan fingerprint density at radius 2 is 1.66 bits per heavy atom. The topological polar surface area (TPSA) is 127 Å². The predicted molar refractivity (Wildman–Crippen MR) is 162 cm³/mol. The molecule has 0 atom stereocenters. The van der Waals surface area contributed by atoms with Gasteiger partial charge in [0, 0.05) is 5.69 Å². The molecule has 10 nitrogen and oxygen atoms in total. The Bertz CT molecular complexity index is 1480. The molecule has 3 aromatic rings. The summed E-state index contributed by atoms with van der Waals surface area (Å²) in [6.45, 7) is 3.96. The zero-order valence-corrected chi connectivity index (χ0v) is 25.4. The molecule has 44 heavy (non-hydrogen) atoms. The molecule has 0 saturated heterocycles. The van der Waals surface area contributed by atoms with Crippen LogP contribution < -0.4 is 30.3 Å². The predicted octanol–water partition coefficient (Wildman–Crippen LogP) is 6.15. The number of alkyl halides is 3. The van der Waals surface area contributed by atoms with E-state index in [4.69, 9.17) is 14.2 Å². The van der Waals surface area contributed by atoms with E-state index < -0.39 is 41.8 Å². The number of ether oxygens (including phenoxy) is 3. The zero-order chi connectivity index (χ0) is 32.1. The van der Waals surface area contributed by atoms with E-state index in [0.29, 0.717) is 28.1 Å². The van der Waals surface area contributed by atoms with Crippen LogP contribution in [-0.2, 0) is 20.6 Å². The van der Waals surface area contributed by atoms with Crippen molar-refractivity contribution in [1.82, 2.24) is 5.43 Å². The summed E-state index contributed by atoms with van der Waals surface area (Å²) in [6.07, 6.45) is -1.46. The summed E-state index contributed by atoms with van der Waals surface area (Å²) >= 11 is 3.32. The van der Waals surface area contributed by atoms with Gasteiger partial charge in [-0.2, -0.15) is 18.3 Å². The van der Waals surface area contributed by atoms with Crippen molar-refractivity contribution in [3.8, 4) is 17.2 Å². The van der Waals surface area contributed by atoms with Gasteiger partial charge in [-0.1, -0.05) is 25.5 Å². The Morgan fingerprint density at radius 1 is 0.932 bits per heavy atom. The van der Waals surface area contributed by atoms with E-state index in [0.717, 1.165) is 25.0 Å². The van der Waals surface area contributed by atoms with Crippen molar-refractivity contribution in [3.63, 3.8) is 0 Å². The molecule has 14 heteroatoms. The van der Waals surface area contributed by atoms with Gasteiger partial charge in [0.1, 0.15) is 5.75 Å². The van der Waals surface area contributed by atoms with Gasteiger partial charge in [0.15, 0.2) is 18.1 Å². The van der Waals surface area contributed by atoms with E-state index in [1.54, 1.807) is 31.2 Å².